The normalized spacial score (nSPS) is 17.6. The summed E-state index contributed by atoms with van der Waals surface area (Å²) in [5, 5.41) is 9.85. The van der Waals surface area contributed by atoms with Crippen LogP contribution >= 0.6 is 0 Å². The smallest absolute Gasteiger partial charge is 0.136 e. The van der Waals surface area contributed by atoms with Gasteiger partial charge in [0.2, 0.25) is 0 Å². The first-order valence-corrected chi connectivity index (χ1v) is 2.16. The minimum absolute atomic E-state index is 0.145. The third-order valence-electron chi connectivity index (χ3n) is 0.749. The molecule has 0 fully saturated rings. The lowest BCUT2D eigenvalue weighted by molar-refractivity contribution is 0.294. The van der Waals surface area contributed by atoms with Crippen LogP contribution in [0.2, 0.25) is 0 Å². The highest BCUT2D eigenvalue weighted by molar-refractivity contribution is 5.11. The molecule has 4 N–H and O–H groups in total. The molecule has 0 unspecified atom stereocenters. The van der Waals surface area contributed by atoms with Crippen LogP contribution in [0.4, 0.5) is 0 Å². The highest BCUT2D eigenvalue weighted by Crippen LogP contribution is 1.93. The van der Waals surface area contributed by atoms with Gasteiger partial charge in [0.25, 0.3) is 0 Å². The van der Waals surface area contributed by atoms with Crippen molar-refractivity contribution < 1.29 is 5.11 Å². The molecule has 0 atom stereocenters. The van der Waals surface area contributed by atoms with Crippen LogP contribution in [-0.2, 0) is 0 Å². The van der Waals surface area contributed by atoms with Crippen molar-refractivity contribution in [1.82, 2.24) is 10.5 Å². The Kier molecular flexibility index (Phi) is 1.09. The van der Waals surface area contributed by atoms with Gasteiger partial charge in [0.1, 0.15) is 5.76 Å². The Morgan fingerprint density at radius 1 is 1.75 bits per heavy atom. The molecule has 44 valence electrons. The van der Waals surface area contributed by atoms with Gasteiger partial charge in [0.05, 0.1) is 6.20 Å². The number of hydrogen-bond donors (Lipinski definition) is 3. The molecule has 8 heavy (non-hydrogen) atoms. The molecule has 4 heteroatoms. The third kappa shape index (κ3) is 0.913. The highest BCUT2D eigenvalue weighted by Gasteiger charge is 1.94. The number of nitrogens with zero attached hydrogens (tertiary/aromatic N) is 1. The monoisotopic (exact) mass is 113 g/mol. The van der Waals surface area contributed by atoms with Crippen LogP contribution < -0.4 is 11.3 Å². The second-order valence-electron chi connectivity index (χ2n) is 1.42. The molecule has 0 aliphatic carbocycles. The van der Waals surface area contributed by atoms with Crippen molar-refractivity contribution in [3.8, 4) is 0 Å². The molecule has 1 aliphatic rings. The van der Waals surface area contributed by atoms with Gasteiger partial charge in [0.15, 0.2) is 0 Å². The molecule has 1 heterocycles. The zero-order valence-electron chi connectivity index (χ0n) is 4.20. The van der Waals surface area contributed by atoms with Crippen molar-refractivity contribution in [3.05, 3.63) is 24.2 Å². The van der Waals surface area contributed by atoms with E-state index in [4.69, 9.17) is 10.9 Å². The van der Waals surface area contributed by atoms with Gasteiger partial charge in [-0.1, -0.05) is 0 Å². The van der Waals surface area contributed by atoms with E-state index in [2.05, 4.69) is 5.43 Å². The Morgan fingerprint density at radius 3 is 2.88 bits per heavy atom. The molecule has 0 radical (unpaired) electrons. The van der Waals surface area contributed by atoms with E-state index in [0.29, 0.717) is 0 Å². The van der Waals surface area contributed by atoms with Gasteiger partial charge in [-0.3, -0.25) is 5.43 Å². The average molecular weight is 113 g/mol. The summed E-state index contributed by atoms with van der Waals surface area (Å²) < 4.78 is 0. The van der Waals surface area contributed by atoms with E-state index in [1.165, 1.54) is 18.5 Å². The summed E-state index contributed by atoms with van der Waals surface area (Å²) in [7, 11) is 0. The minimum Gasteiger partial charge on any atom is -0.506 e. The van der Waals surface area contributed by atoms with Crippen LogP contribution in [0.25, 0.3) is 0 Å². The molecule has 1 aliphatic heterocycles. The number of hydrogen-bond acceptors (Lipinski definition) is 4. The molecule has 0 amide bonds. The van der Waals surface area contributed by atoms with E-state index < -0.39 is 0 Å². The Balaban J connectivity index is 2.63. The molecule has 0 spiro atoms. The first-order chi connectivity index (χ1) is 3.79. The molecule has 4 nitrogen and oxygen atoms in total. The molecule has 0 aromatic heterocycles. The molecule has 0 aromatic carbocycles. The van der Waals surface area contributed by atoms with Gasteiger partial charge in [-0.2, -0.15) is 0 Å². The standard InChI is InChI=1S/C4H7N3O/c5-7-3-4(8)1-2-6-7/h1-3,6,8H,5H2. The Morgan fingerprint density at radius 2 is 2.50 bits per heavy atom. The second kappa shape index (κ2) is 1.75. The number of allylic oxidation sites excluding steroid dienone is 1. The van der Waals surface area contributed by atoms with Crippen molar-refractivity contribution in [2.75, 3.05) is 0 Å². The van der Waals surface area contributed by atoms with Crippen LogP contribution in [0.5, 0.6) is 0 Å². The first-order valence-electron chi connectivity index (χ1n) is 2.16. The highest BCUT2D eigenvalue weighted by atomic mass is 16.3. The Hall–Kier alpha value is -1.16. The molecular weight excluding hydrogens is 106 g/mol. The predicted octanol–water partition coefficient (Wildman–Crippen LogP) is -0.407. The van der Waals surface area contributed by atoms with Crippen molar-refractivity contribution in [3.63, 3.8) is 0 Å². The maximum absolute atomic E-state index is 8.69. The third-order valence-corrected chi connectivity index (χ3v) is 0.749. The maximum Gasteiger partial charge on any atom is 0.136 e. The van der Waals surface area contributed by atoms with Crippen LogP contribution in [0.3, 0.4) is 0 Å². The number of aliphatic hydroxyl groups is 1. The van der Waals surface area contributed by atoms with Gasteiger partial charge >= 0.3 is 0 Å². The van der Waals surface area contributed by atoms with E-state index in [9.17, 15) is 0 Å². The summed E-state index contributed by atoms with van der Waals surface area (Å²) in [4.78, 5) is 0. The number of aliphatic hydroxyl groups excluding tert-OH is 1. The average Bonchev–Trinajstić information content (AvgIpc) is 1.64. The van der Waals surface area contributed by atoms with Gasteiger partial charge < -0.3 is 5.11 Å². The lowest BCUT2D eigenvalue weighted by Gasteiger charge is -2.15. The number of nitrogens with one attached hydrogen (secondary N) is 1. The van der Waals surface area contributed by atoms with Gasteiger partial charge in [-0.25, -0.2) is 11.0 Å². The van der Waals surface area contributed by atoms with Crippen LogP contribution in [0, 0.1) is 0 Å². The second-order valence-corrected chi connectivity index (χ2v) is 1.42. The van der Waals surface area contributed by atoms with Crippen molar-refractivity contribution in [2.45, 2.75) is 0 Å². The minimum atomic E-state index is 0.145. The van der Waals surface area contributed by atoms with Crippen molar-refractivity contribution >= 4 is 0 Å². The maximum atomic E-state index is 8.69. The topological polar surface area (TPSA) is 61.5 Å². The summed E-state index contributed by atoms with van der Waals surface area (Å²) in [6, 6.07) is 0. The van der Waals surface area contributed by atoms with Crippen molar-refractivity contribution in [2.24, 2.45) is 5.84 Å². The fourth-order valence-corrected chi connectivity index (χ4v) is 0.432. The van der Waals surface area contributed by atoms with E-state index in [1.807, 2.05) is 0 Å². The Bertz CT molecular complexity index is 140. The van der Waals surface area contributed by atoms with E-state index in [0.717, 1.165) is 5.12 Å². The zero-order chi connectivity index (χ0) is 5.98. The van der Waals surface area contributed by atoms with Gasteiger partial charge in [0, 0.05) is 6.20 Å². The molecular formula is C4H7N3O. The van der Waals surface area contributed by atoms with E-state index in [1.54, 1.807) is 0 Å². The van der Waals surface area contributed by atoms with E-state index >= 15 is 0 Å². The lowest BCUT2D eigenvalue weighted by atomic mass is 10.5. The molecule has 0 aromatic rings. The summed E-state index contributed by atoms with van der Waals surface area (Å²) in [5.41, 5.74) is 2.61. The molecule has 1 rings (SSSR count). The summed E-state index contributed by atoms with van der Waals surface area (Å²) in [5.74, 6) is 5.30. The first kappa shape index (κ1) is 4.99. The SMILES string of the molecule is NN1C=C(O)C=CN1. The summed E-state index contributed by atoms with van der Waals surface area (Å²) in [6.45, 7) is 0. The van der Waals surface area contributed by atoms with Crippen LogP contribution in [-0.4, -0.2) is 10.2 Å². The van der Waals surface area contributed by atoms with Crippen LogP contribution in [0.1, 0.15) is 0 Å². The zero-order valence-corrected chi connectivity index (χ0v) is 4.20. The van der Waals surface area contributed by atoms with Gasteiger partial charge in [-0.15, -0.1) is 0 Å². The number of rotatable bonds is 0. The Labute approximate surface area is 46.8 Å². The summed E-state index contributed by atoms with van der Waals surface area (Å²) >= 11 is 0. The predicted molar refractivity (Wildman–Crippen MR) is 29.0 cm³/mol. The van der Waals surface area contributed by atoms with Crippen LogP contribution in [0.15, 0.2) is 24.2 Å². The molecule has 0 saturated heterocycles. The molecule has 0 saturated carbocycles. The molecule has 0 bridgehead atoms. The summed E-state index contributed by atoms with van der Waals surface area (Å²) in [6.07, 6.45) is 4.40. The fraction of sp³-hybridized carbons (Fsp3) is 0. The lowest BCUT2D eigenvalue weighted by Crippen LogP contribution is -2.37. The fourth-order valence-electron chi connectivity index (χ4n) is 0.432. The quantitative estimate of drug-likeness (QED) is 0.374. The van der Waals surface area contributed by atoms with Gasteiger partial charge in [-0.05, 0) is 6.08 Å². The van der Waals surface area contributed by atoms with E-state index in [-0.39, 0.29) is 5.76 Å². The number of nitrogens with two attached hydrogens (primary N) is 1. The van der Waals surface area contributed by atoms with Crippen molar-refractivity contribution in [1.29, 1.82) is 0 Å². The largest absolute Gasteiger partial charge is 0.506 e. The number of hydrazine groups is 2.